The number of rotatable bonds is 12. The number of aromatic nitrogens is 4. The number of pyridine rings is 2. The van der Waals surface area contributed by atoms with Gasteiger partial charge in [-0.2, -0.15) is 0 Å². The topological polar surface area (TPSA) is 172 Å². The Morgan fingerprint density at radius 3 is 2.31 bits per heavy atom. The summed E-state index contributed by atoms with van der Waals surface area (Å²) in [6, 6.07) is 14.0. The molecule has 2 N–H and O–H groups in total. The molecule has 5 saturated heterocycles. The predicted octanol–water partition coefficient (Wildman–Crippen LogP) is 6.23. The minimum atomic E-state index is -0.628. The highest BCUT2D eigenvalue weighted by Gasteiger charge is 2.56. The number of fused-ring (bicyclic) bond motifs is 3. The van der Waals surface area contributed by atoms with Gasteiger partial charge in [-0.25, -0.2) is 15.0 Å². The van der Waals surface area contributed by atoms with Crippen LogP contribution in [0.1, 0.15) is 133 Å². The molecule has 1 unspecified atom stereocenters. The van der Waals surface area contributed by atoms with Gasteiger partial charge >= 0.3 is 0 Å². The number of hydrogen-bond donors (Lipinski definition) is 2. The third kappa shape index (κ3) is 9.23. The van der Waals surface area contributed by atoms with E-state index >= 15 is 4.79 Å². The van der Waals surface area contributed by atoms with Gasteiger partial charge in [0.2, 0.25) is 29.5 Å². The smallest absolute Gasteiger partial charge is 0.238 e. The zero-order valence-corrected chi connectivity index (χ0v) is 43.6. The van der Waals surface area contributed by atoms with Gasteiger partial charge in [-0.15, -0.1) is 0 Å². The molecule has 2 aliphatic carbocycles. The fraction of sp³-hybridized carbons (Fsp3) is 0.614. The molecular weight excluding hydrogens is 933 g/mol. The van der Waals surface area contributed by atoms with Crippen molar-refractivity contribution in [2.24, 2.45) is 5.92 Å². The molecule has 6 aliphatic heterocycles. The van der Waals surface area contributed by atoms with Crippen molar-refractivity contribution in [1.29, 1.82) is 0 Å². The molecule has 1 aromatic carbocycles. The lowest BCUT2D eigenvalue weighted by Crippen LogP contribution is -2.58. The maximum absolute atomic E-state index is 15.2. The first-order chi connectivity index (χ1) is 35.9. The van der Waals surface area contributed by atoms with Crippen molar-refractivity contribution in [3.63, 3.8) is 0 Å². The number of benzene rings is 1. The number of nitrogens with zero attached hydrogens (tertiary/aromatic N) is 10. The Morgan fingerprint density at radius 2 is 1.59 bits per heavy atom. The number of amides is 5. The van der Waals surface area contributed by atoms with Gasteiger partial charge < -0.3 is 34.4 Å². The summed E-state index contributed by atoms with van der Waals surface area (Å²) in [4.78, 5) is 95.3. The second-order valence-electron chi connectivity index (χ2n) is 23.3. The van der Waals surface area contributed by atoms with Gasteiger partial charge in [0.15, 0.2) is 5.82 Å². The molecule has 9 heterocycles. The Balaban J connectivity index is 0.673. The van der Waals surface area contributed by atoms with Crippen LogP contribution >= 0.6 is 0 Å². The average Bonchev–Trinajstić information content (AvgIpc) is 4.10. The van der Waals surface area contributed by atoms with Crippen LogP contribution in [0.5, 0.6) is 0 Å². The van der Waals surface area contributed by atoms with E-state index in [4.69, 9.17) is 9.97 Å². The zero-order chi connectivity index (χ0) is 50.8. The van der Waals surface area contributed by atoms with Gasteiger partial charge in [-0.05, 0) is 146 Å². The molecule has 17 heteroatoms. The summed E-state index contributed by atoms with van der Waals surface area (Å²) >= 11 is 0. The third-order valence-electron chi connectivity index (χ3n) is 18.4. The van der Waals surface area contributed by atoms with E-state index in [0.29, 0.717) is 83.6 Å². The van der Waals surface area contributed by atoms with Gasteiger partial charge in [0, 0.05) is 106 Å². The molecule has 17 nitrogen and oxygen atoms in total. The molecule has 3 aromatic heterocycles. The van der Waals surface area contributed by atoms with E-state index in [1.165, 1.54) is 19.3 Å². The van der Waals surface area contributed by atoms with E-state index in [0.717, 1.165) is 115 Å². The van der Waals surface area contributed by atoms with Crippen LogP contribution in [0.15, 0.2) is 48.9 Å². The molecule has 1 atom stereocenters. The normalized spacial score (nSPS) is 25.2. The molecule has 1 spiro atoms. The largest absolute Gasteiger partial charge is 0.366 e. The summed E-state index contributed by atoms with van der Waals surface area (Å²) in [6.45, 7) is 11.0. The number of likely N-dealkylation sites (tertiary alicyclic amines) is 3. The van der Waals surface area contributed by atoms with Gasteiger partial charge in [0.05, 0.1) is 35.4 Å². The van der Waals surface area contributed by atoms with Crippen LogP contribution in [0.4, 0.5) is 17.3 Å². The molecule has 12 rings (SSSR count). The molecule has 7 fully saturated rings. The Labute approximate surface area is 434 Å². The molecule has 392 valence electrons. The highest BCUT2D eigenvalue weighted by molar-refractivity contribution is 6.09. The first-order valence-electron chi connectivity index (χ1n) is 28.1. The summed E-state index contributed by atoms with van der Waals surface area (Å²) in [5, 5.41) is 6.17. The van der Waals surface area contributed by atoms with Crippen molar-refractivity contribution < 1.29 is 24.0 Å². The quantitative estimate of drug-likeness (QED) is 0.154. The molecule has 5 amide bonds. The maximum atomic E-state index is 15.2. The van der Waals surface area contributed by atoms with Crippen molar-refractivity contribution in [2.75, 3.05) is 81.1 Å². The van der Waals surface area contributed by atoms with Crippen LogP contribution in [0.3, 0.4) is 0 Å². The van der Waals surface area contributed by atoms with E-state index in [-0.39, 0.29) is 59.5 Å². The molecule has 0 radical (unpaired) electrons. The summed E-state index contributed by atoms with van der Waals surface area (Å²) < 4.78 is 2.20. The van der Waals surface area contributed by atoms with E-state index in [2.05, 4.69) is 77.9 Å². The van der Waals surface area contributed by atoms with Crippen molar-refractivity contribution in [3.8, 4) is 11.3 Å². The Bertz CT molecular complexity index is 2810. The maximum Gasteiger partial charge on any atom is 0.238 e. The minimum absolute atomic E-state index is 0.0590. The lowest BCUT2D eigenvalue weighted by Gasteiger charge is -2.48. The number of piperidine rings is 5. The van der Waals surface area contributed by atoms with Crippen LogP contribution in [0.2, 0.25) is 0 Å². The monoisotopic (exact) mass is 1010 g/mol. The predicted molar refractivity (Wildman–Crippen MR) is 284 cm³/mol. The zero-order valence-electron chi connectivity index (χ0n) is 43.6. The average molecular weight is 1010 g/mol. The van der Waals surface area contributed by atoms with Crippen molar-refractivity contribution >= 4 is 57.9 Å². The SMILES string of the molecule is CC(C)n1cnc2cc(-c3ccc4c(c3)N(C3CC(N5CCCCC5)C3)C(=O)C43CCN(CC(=O)N(C)C4CCN(C(=O)C5CCN(c6cc(C7CCC(=O)NC7=O)ccn6)CC5)CC4)CC3)nc(NC3CC3)c21. The molecule has 0 bridgehead atoms. The summed E-state index contributed by atoms with van der Waals surface area (Å²) in [5.74, 6) is 1.29. The number of nitrogens with one attached hydrogen (secondary N) is 2. The number of imide groups is 1. The van der Waals surface area contributed by atoms with Crippen LogP contribution in [0.25, 0.3) is 22.3 Å². The van der Waals surface area contributed by atoms with Crippen LogP contribution in [0, 0.1) is 5.92 Å². The fourth-order valence-corrected chi connectivity index (χ4v) is 13.6. The first kappa shape index (κ1) is 49.0. The highest BCUT2D eigenvalue weighted by atomic mass is 16.2. The molecule has 74 heavy (non-hydrogen) atoms. The van der Waals surface area contributed by atoms with E-state index in [9.17, 15) is 19.2 Å². The van der Waals surface area contributed by atoms with Crippen molar-refractivity contribution in [1.82, 2.24) is 44.4 Å². The first-order valence-corrected chi connectivity index (χ1v) is 28.1. The van der Waals surface area contributed by atoms with E-state index in [1.54, 1.807) is 6.20 Å². The van der Waals surface area contributed by atoms with Gasteiger partial charge in [0.25, 0.3) is 0 Å². The number of anilines is 3. The number of carbonyl (C=O) groups excluding carboxylic acids is 5. The third-order valence-corrected chi connectivity index (χ3v) is 18.4. The molecule has 8 aliphatic rings. The van der Waals surface area contributed by atoms with Crippen molar-refractivity contribution in [3.05, 3.63) is 60.0 Å². The number of likely N-dealkylation sites (N-methyl/N-ethyl adjacent to an activating group) is 1. The molecular formula is C57H74N12O5. The molecule has 2 saturated carbocycles. The Hall–Kier alpha value is -5.94. The van der Waals surface area contributed by atoms with Gasteiger partial charge in [0.1, 0.15) is 11.3 Å². The minimum Gasteiger partial charge on any atom is -0.366 e. The lowest BCUT2D eigenvalue weighted by atomic mass is 9.73. The second kappa shape index (κ2) is 20.0. The summed E-state index contributed by atoms with van der Waals surface area (Å²) in [6.07, 6.45) is 16.9. The Morgan fingerprint density at radius 1 is 0.838 bits per heavy atom. The Kier molecular flexibility index (Phi) is 13.2. The lowest BCUT2D eigenvalue weighted by molar-refractivity contribution is -0.139. The van der Waals surface area contributed by atoms with E-state index in [1.807, 2.05) is 35.3 Å². The van der Waals surface area contributed by atoms with Crippen molar-refractivity contribution in [2.45, 2.75) is 152 Å². The van der Waals surface area contributed by atoms with E-state index < -0.39 is 5.41 Å². The molecule has 4 aromatic rings. The summed E-state index contributed by atoms with van der Waals surface area (Å²) in [7, 11) is 1.92. The number of imidazole rings is 1. The summed E-state index contributed by atoms with van der Waals surface area (Å²) in [5.41, 5.74) is 6.22. The van der Waals surface area contributed by atoms with Gasteiger partial charge in [-0.1, -0.05) is 18.6 Å². The second-order valence-corrected chi connectivity index (χ2v) is 23.3. The standard InChI is InChI=1S/C57H74N12O5/c1-36(2)68-35-59-47-33-46(61-53(52(47)68)60-40-8-9-40)39-7-11-45-48(29-39)69(43-31-42(32-43)65-21-5-4-6-22-65)56(74)57(45)18-27-64(28-19-57)34-51(71)63(3)41-16-25-67(26-17-41)55(73)37-14-23-66(24-15-37)49-30-38(13-20-58-49)44-10-12-50(70)62-54(44)72/h7,11,13,20,29-30,33,35-37,40-44H,4-6,8-10,12,14-19,21-28,31-32,34H2,1-3H3,(H,60,61)(H,62,70,72). The number of carbonyl (C=O) groups is 5. The van der Waals surface area contributed by atoms with Crippen LogP contribution < -0.4 is 20.4 Å². The van der Waals surface area contributed by atoms with Crippen LogP contribution in [-0.4, -0.2) is 159 Å². The highest BCUT2D eigenvalue weighted by Crippen LogP contribution is 2.52. The number of hydrogen-bond acceptors (Lipinski definition) is 12. The van der Waals surface area contributed by atoms with Gasteiger partial charge in [-0.3, -0.25) is 34.2 Å². The fourth-order valence-electron chi connectivity index (χ4n) is 13.6. The van der Waals surface area contributed by atoms with Crippen LogP contribution in [-0.2, 0) is 29.4 Å².